The number of halogens is 1. The lowest BCUT2D eigenvalue weighted by Crippen LogP contribution is -2.08. The molecule has 2 aromatic rings. The van der Waals surface area contributed by atoms with E-state index < -0.39 is 5.97 Å². The number of aromatic hydroxyl groups is 1. The fourth-order valence-corrected chi connectivity index (χ4v) is 2.22. The van der Waals surface area contributed by atoms with Gasteiger partial charge in [-0.3, -0.25) is 0 Å². The van der Waals surface area contributed by atoms with Crippen LogP contribution in [0.5, 0.6) is 5.75 Å². The summed E-state index contributed by atoms with van der Waals surface area (Å²) in [5.41, 5.74) is -0.0233. The summed E-state index contributed by atoms with van der Waals surface area (Å²) in [6, 6.07) is 5.54. The number of esters is 1. The van der Waals surface area contributed by atoms with Gasteiger partial charge in [0.05, 0.1) is 6.61 Å². The molecule has 0 amide bonds. The molecule has 0 radical (unpaired) electrons. The van der Waals surface area contributed by atoms with Crippen LogP contribution in [0, 0.1) is 3.57 Å². The zero-order chi connectivity index (χ0) is 13.8. The van der Waals surface area contributed by atoms with Crippen LogP contribution < -0.4 is 0 Å². The zero-order valence-corrected chi connectivity index (χ0v) is 12.7. The van der Waals surface area contributed by atoms with Crippen molar-refractivity contribution in [1.82, 2.24) is 4.98 Å². The van der Waals surface area contributed by atoms with Crippen molar-refractivity contribution >= 4 is 39.3 Å². The second-order valence-electron chi connectivity index (χ2n) is 4.18. The summed E-state index contributed by atoms with van der Waals surface area (Å²) in [5.74, 6) is -0.693. The molecule has 4 nitrogen and oxygen atoms in total. The Balaban J connectivity index is 2.32. The number of hydrogen-bond donors (Lipinski definition) is 1. The predicted molar refractivity (Wildman–Crippen MR) is 81.3 cm³/mol. The van der Waals surface area contributed by atoms with Crippen molar-refractivity contribution in [3.8, 4) is 5.75 Å². The number of unbranched alkanes of at least 4 members (excludes halogenated alkanes) is 1. The third-order valence-electron chi connectivity index (χ3n) is 2.75. The molecule has 0 unspecified atom stereocenters. The molecule has 0 aliphatic rings. The van der Waals surface area contributed by atoms with Gasteiger partial charge in [0.15, 0.2) is 11.4 Å². The highest BCUT2D eigenvalue weighted by Crippen LogP contribution is 2.28. The smallest absolute Gasteiger partial charge is 0.360 e. The van der Waals surface area contributed by atoms with E-state index in [1.807, 2.05) is 19.1 Å². The third kappa shape index (κ3) is 3.15. The molecule has 1 aromatic carbocycles. The van der Waals surface area contributed by atoms with Gasteiger partial charge < -0.3 is 9.84 Å². The van der Waals surface area contributed by atoms with Gasteiger partial charge in [0, 0.05) is 20.5 Å². The average molecular weight is 371 g/mol. The van der Waals surface area contributed by atoms with Crippen LogP contribution in [-0.4, -0.2) is 22.7 Å². The quantitative estimate of drug-likeness (QED) is 0.508. The molecule has 0 atom stereocenters. The lowest BCUT2D eigenvalue weighted by molar-refractivity contribution is 0.0489. The number of carbonyl (C=O) groups excluding carboxylic acids is 1. The molecule has 0 bridgehead atoms. The zero-order valence-electron chi connectivity index (χ0n) is 10.5. The average Bonchev–Trinajstić information content (AvgIpc) is 2.39. The Kier molecular flexibility index (Phi) is 4.57. The number of benzene rings is 1. The van der Waals surface area contributed by atoms with Crippen LogP contribution in [0.4, 0.5) is 0 Å². The van der Waals surface area contributed by atoms with Crippen LogP contribution >= 0.6 is 22.6 Å². The molecule has 5 heteroatoms. The summed E-state index contributed by atoms with van der Waals surface area (Å²) in [7, 11) is 0. The Morgan fingerprint density at radius 3 is 3.00 bits per heavy atom. The van der Waals surface area contributed by atoms with E-state index in [1.54, 1.807) is 12.3 Å². The highest BCUT2D eigenvalue weighted by molar-refractivity contribution is 14.1. The van der Waals surface area contributed by atoms with Crippen molar-refractivity contribution in [2.45, 2.75) is 19.8 Å². The van der Waals surface area contributed by atoms with Crippen molar-refractivity contribution in [1.29, 1.82) is 0 Å². The van der Waals surface area contributed by atoms with Gasteiger partial charge in [0.1, 0.15) is 0 Å². The Morgan fingerprint density at radius 1 is 1.47 bits per heavy atom. The summed E-state index contributed by atoms with van der Waals surface area (Å²) >= 11 is 2.18. The van der Waals surface area contributed by atoms with Crippen LogP contribution in [0.25, 0.3) is 10.8 Å². The van der Waals surface area contributed by atoms with Crippen molar-refractivity contribution in [3.63, 3.8) is 0 Å². The summed E-state index contributed by atoms with van der Waals surface area (Å²) in [6.45, 7) is 2.36. The van der Waals surface area contributed by atoms with Gasteiger partial charge in [-0.1, -0.05) is 13.3 Å². The van der Waals surface area contributed by atoms with Gasteiger partial charge in [-0.25, -0.2) is 9.78 Å². The van der Waals surface area contributed by atoms with E-state index >= 15 is 0 Å². The molecule has 19 heavy (non-hydrogen) atoms. The van der Waals surface area contributed by atoms with Crippen molar-refractivity contribution in [2.75, 3.05) is 6.61 Å². The molecule has 0 saturated heterocycles. The second-order valence-corrected chi connectivity index (χ2v) is 5.42. The monoisotopic (exact) mass is 371 g/mol. The molecule has 1 heterocycles. The molecule has 0 spiro atoms. The fourth-order valence-electron chi connectivity index (χ4n) is 1.71. The molecule has 1 aromatic heterocycles. The van der Waals surface area contributed by atoms with Crippen LogP contribution in [0.15, 0.2) is 24.4 Å². The maximum absolute atomic E-state index is 11.8. The number of pyridine rings is 1. The Morgan fingerprint density at radius 2 is 2.26 bits per heavy atom. The lowest BCUT2D eigenvalue weighted by atomic mass is 10.1. The van der Waals surface area contributed by atoms with Crippen molar-refractivity contribution in [3.05, 3.63) is 33.7 Å². The second kappa shape index (κ2) is 6.18. The molecule has 0 saturated carbocycles. The molecular formula is C14H14INO3. The predicted octanol–water partition coefficient (Wildman–Crippen LogP) is 3.50. The first kappa shape index (κ1) is 14.0. The number of nitrogens with zero attached hydrogens (tertiary/aromatic N) is 1. The number of ether oxygens (including phenoxy) is 1. The van der Waals surface area contributed by atoms with Gasteiger partial charge in [0.2, 0.25) is 0 Å². The van der Waals surface area contributed by atoms with E-state index in [2.05, 4.69) is 27.6 Å². The number of hydrogen-bond acceptors (Lipinski definition) is 4. The first-order valence-corrected chi connectivity index (χ1v) is 7.15. The van der Waals surface area contributed by atoms with E-state index in [0.29, 0.717) is 12.0 Å². The van der Waals surface area contributed by atoms with Crippen LogP contribution in [0.1, 0.15) is 30.3 Å². The summed E-state index contributed by atoms with van der Waals surface area (Å²) < 4.78 is 6.10. The van der Waals surface area contributed by atoms with E-state index in [9.17, 15) is 9.90 Å². The minimum absolute atomic E-state index is 0.0233. The number of aromatic nitrogens is 1. The van der Waals surface area contributed by atoms with Crippen LogP contribution in [0.3, 0.4) is 0 Å². The van der Waals surface area contributed by atoms with E-state index in [1.165, 1.54) is 0 Å². The number of fused-ring (bicyclic) bond motifs is 1. The molecular weight excluding hydrogens is 357 g/mol. The normalized spacial score (nSPS) is 10.6. The Labute approximate surface area is 124 Å². The highest BCUT2D eigenvalue weighted by Gasteiger charge is 2.17. The summed E-state index contributed by atoms with van der Waals surface area (Å²) in [5, 5.41) is 11.5. The number of rotatable bonds is 4. The minimum Gasteiger partial charge on any atom is -0.505 e. The fraction of sp³-hybridized carbons (Fsp3) is 0.286. The molecule has 0 fully saturated rings. The maximum Gasteiger partial charge on any atom is 0.360 e. The molecule has 0 aliphatic heterocycles. The van der Waals surface area contributed by atoms with E-state index in [-0.39, 0.29) is 11.4 Å². The van der Waals surface area contributed by atoms with E-state index in [0.717, 1.165) is 21.8 Å². The van der Waals surface area contributed by atoms with Crippen molar-refractivity contribution < 1.29 is 14.6 Å². The summed E-state index contributed by atoms with van der Waals surface area (Å²) in [6.07, 6.45) is 3.33. The standard InChI is InChI=1S/C14H14INO3/c1-2-3-6-19-14(18)12-13(17)11-5-4-10(15)7-9(11)8-16-12/h4-5,7-8,17H,2-3,6H2,1H3. The van der Waals surface area contributed by atoms with Gasteiger partial charge in [-0.2, -0.15) is 0 Å². The summed E-state index contributed by atoms with van der Waals surface area (Å²) in [4.78, 5) is 15.8. The third-order valence-corrected chi connectivity index (χ3v) is 3.42. The maximum atomic E-state index is 11.8. The minimum atomic E-state index is -0.577. The van der Waals surface area contributed by atoms with Crippen molar-refractivity contribution in [2.24, 2.45) is 0 Å². The first-order chi connectivity index (χ1) is 9.13. The van der Waals surface area contributed by atoms with Crippen LogP contribution in [0.2, 0.25) is 0 Å². The first-order valence-electron chi connectivity index (χ1n) is 6.08. The Bertz CT molecular complexity index is 613. The van der Waals surface area contributed by atoms with Gasteiger partial charge in [0.25, 0.3) is 0 Å². The molecule has 100 valence electrons. The van der Waals surface area contributed by atoms with Crippen LogP contribution in [-0.2, 0) is 4.74 Å². The SMILES string of the molecule is CCCCOC(=O)c1ncc2cc(I)ccc2c1O. The topological polar surface area (TPSA) is 59.4 Å². The largest absolute Gasteiger partial charge is 0.505 e. The Hall–Kier alpha value is -1.37. The highest BCUT2D eigenvalue weighted by atomic mass is 127. The number of carbonyl (C=O) groups is 1. The molecule has 1 N–H and O–H groups in total. The van der Waals surface area contributed by atoms with E-state index in [4.69, 9.17) is 4.74 Å². The van der Waals surface area contributed by atoms with Gasteiger partial charge in [-0.15, -0.1) is 0 Å². The lowest BCUT2D eigenvalue weighted by Gasteiger charge is -2.07. The molecule has 2 rings (SSSR count). The van der Waals surface area contributed by atoms with Gasteiger partial charge >= 0.3 is 5.97 Å². The molecule has 0 aliphatic carbocycles. The van der Waals surface area contributed by atoms with Gasteiger partial charge in [-0.05, 0) is 47.2 Å².